The summed E-state index contributed by atoms with van der Waals surface area (Å²) >= 11 is 7.29. The average Bonchev–Trinajstić information content (AvgIpc) is 2.62. The highest BCUT2D eigenvalue weighted by Gasteiger charge is 2.07. The van der Waals surface area contributed by atoms with Crippen molar-refractivity contribution in [1.82, 2.24) is 9.97 Å². The smallest absolute Gasteiger partial charge is 0.255 e. The number of aromatic nitrogens is 2. The summed E-state index contributed by atoms with van der Waals surface area (Å²) in [7, 11) is 0. The van der Waals surface area contributed by atoms with Crippen molar-refractivity contribution in [2.24, 2.45) is 0 Å². The number of anilines is 1. The molecule has 3 aromatic rings. The molecule has 0 bridgehead atoms. The van der Waals surface area contributed by atoms with Crippen molar-refractivity contribution in [2.45, 2.75) is 10.9 Å². The van der Waals surface area contributed by atoms with E-state index in [9.17, 15) is 9.18 Å². The predicted molar refractivity (Wildman–Crippen MR) is 97.4 cm³/mol. The molecule has 1 amide bonds. The van der Waals surface area contributed by atoms with Gasteiger partial charge in [-0.05, 0) is 48.0 Å². The van der Waals surface area contributed by atoms with E-state index in [4.69, 9.17) is 11.6 Å². The maximum atomic E-state index is 12.9. The highest BCUT2D eigenvalue weighted by molar-refractivity contribution is 7.98. The third-order valence-electron chi connectivity index (χ3n) is 3.29. The molecule has 126 valence electrons. The Hall–Kier alpha value is -2.44. The number of carbonyl (C=O) groups is 1. The molecule has 1 N–H and O–H groups in total. The second kappa shape index (κ2) is 8.09. The van der Waals surface area contributed by atoms with Gasteiger partial charge in [0.1, 0.15) is 11.0 Å². The fourth-order valence-corrected chi connectivity index (χ4v) is 3.00. The zero-order chi connectivity index (χ0) is 17.6. The summed E-state index contributed by atoms with van der Waals surface area (Å²) in [4.78, 5) is 20.4. The maximum Gasteiger partial charge on any atom is 0.255 e. The van der Waals surface area contributed by atoms with Crippen LogP contribution in [0.4, 0.5) is 10.1 Å². The molecule has 0 aliphatic carbocycles. The van der Waals surface area contributed by atoms with E-state index in [-0.39, 0.29) is 11.7 Å². The number of nitrogens with one attached hydrogen (secondary N) is 1. The molecule has 7 heteroatoms. The number of hydrogen-bond acceptors (Lipinski definition) is 4. The standard InChI is InChI=1S/C18H13ClFN3OS/c19-16-9-10-21-18(23-16)25-11-12-1-3-13(4-2-12)17(24)22-15-7-5-14(20)6-8-15/h1-10H,11H2,(H,22,24). The minimum Gasteiger partial charge on any atom is -0.322 e. The zero-order valence-electron chi connectivity index (χ0n) is 12.9. The summed E-state index contributed by atoms with van der Waals surface area (Å²) < 4.78 is 12.9. The quantitative estimate of drug-likeness (QED) is 0.396. The van der Waals surface area contributed by atoms with E-state index in [0.29, 0.717) is 27.3 Å². The van der Waals surface area contributed by atoms with E-state index >= 15 is 0 Å². The van der Waals surface area contributed by atoms with Gasteiger partial charge in [-0.25, -0.2) is 14.4 Å². The van der Waals surface area contributed by atoms with Crippen molar-refractivity contribution in [3.05, 3.63) is 82.9 Å². The lowest BCUT2D eigenvalue weighted by atomic mass is 10.1. The minimum atomic E-state index is -0.344. The molecule has 25 heavy (non-hydrogen) atoms. The van der Waals surface area contributed by atoms with Gasteiger partial charge >= 0.3 is 0 Å². The first-order valence-corrected chi connectivity index (χ1v) is 8.74. The van der Waals surface area contributed by atoms with E-state index < -0.39 is 0 Å². The van der Waals surface area contributed by atoms with Crippen LogP contribution < -0.4 is 5.32 Å². The highest BCUT2D eigenvalue weighted by Crippen LogP contribution is 2.20. The van der Waals surface area contributed by atoms with Gasteiger partial charge in [-0.15, -0.1) is 0 Å². The second-order valence-corrected chi connectivity index (χ2v) is 6.44. The Morgan fingerprint density at radius 1 is 1.08 bits per heavy atom. The van der Waals surface area contributed by atoms with Crippen LogP contribution in [0.1, 0.15) is 15.9 Å². The van der Waals surface area contributed by atoms with E-state index in [1.54, 1.807) is 24.4 Å². The number of hydrogen-bond donors (Lipinski definition) is 1. The van der Waals surface area contributed by atoms with Gasteiger partial charge < -0.3 is 5.32 Å². The van der Waals surface area contributed by atoms with E-state index in [0.717, 1.165) is 5.56 Å². The number of halogens is 2. The van der Waals surface area contributed by atoms with Crippen LogP contribution >= 0.6 is 23.4 Å². The fraction of sp³-hybridized carbons (Fsp3) is 0.0556. The van der Waals surface area contributed by atoms with Crippen LogP contribution in [0.3, 0.4) is 0 Å². The van der Waals surface area contributed by atoms with Crippen LogP contribution in [-0.2, 0) is 5.75 Å². The summed E-state index contributed by atoms with van der Waals surface area (Å²) in [6, 6.07) is 14.5. The fourth-order valence-electron chi connectivity index (χ4n) is 2.03. The molecular formula is C18H13ClFN3OS. The summed E-state index contributed by atoms with van der Waals surface area (Å²) in [5, 5.41) is 3.73. The molecule has 0 radical (unpaired) electrons. The molecular weight excluding hydrogens is 361 g/mol. The molecule has 3 rings (SSSR count). The molecule has 1 aromatic heterocycles. The number of amides is 1. The van der Waals surface area contributed by atoms with Crippen molar-refractivity contribution < 1.29 is 9.18 Å². The second-order valence-electron chi connectivity index (χ2n) is 5.11. The molecule has 0 unspecified atom stereocenters. The third-order valence-corrected chi connectivity index (χ3v) is 4.43. The molecule has 1 heterocycles. The molecule has 2 aromatic carbocycles. The molecule has 0 saturated heterocycles. The zero-order valence-corrected chi connectivity index (χ0v) is 14.5. The first-order valence-electron chi connectivity index (χ1n) is 7.37. The van der Waals surface area contributed by atoms with Crippen molar-refractivity contribution in [2.75, 3.05) is 5.32 Å². The first kappa shape index (κ1) is 17.4. The Labute approximate surface area is 153 Å². The minimum absolute atomic E-state index is 0.246. The van der Waals surface area contributed by atoms with Crippen molar-refractivity contribution in [1.29, 1.82) is 0 Å². The predicted octanol–water partition coefficient (Wildman–Crippen LogP) is 4.81. The van der Waals surface area contributed by atoms with Crippen molar-refractivity contribution >= 4 is 35.0 Å². The molecule has 0 spiro atoms. The SMILES string of the molecule is O=C(Nc1ccc(F)cc1)c1ccc(CSc2nccc(Cl)n2)cc1. The van der Waals surface area contributed by atoms with Crippen molar-refractivity contribution in [3.63, 3.8) is 0 Å². The van der Waals surface area contributed by atoms with E-state index in [1.165, 1.54) is 36.0 Å². The van der Waals surface area contributed by atoms with Gasteiger partial charge in [-0.2, -0.15) is 0 Å². The lowest BCUT2D eigenvalue weighted by Crippen LogP contribution is -2.11. The summed E-state index contributed by atoms with van der Waals surface area (Å²) in [5.74, 6) is 0.0766. The Kier molecular flexibility index (Phi) is 5.63. The molecule has 0 aliphatic heterocycles. The van der Waals surface area contributed by atoms with E-state index in [2.05, 4.69) is 15.3 Å². The maximum absolute atomic E-state index is 12.9. The van der Waals surface area contributed by atoms with E-state index in [1.807, 2.05) is 12.1 Å². The normalized spacial score (nSPS) is 10.5. The number of nitrogens with zero attached hydrogens (tertiary/aromatic N) is 2. The highest BCUT2D eigenvalue weighted by atomic mass is 35.5. The van der Waals surface area contributed by atoms with Crippen LogP contribution in [0, 0.1) is 5.82 Å². The Bertz CT molecular complexity index is 872. The Morgan fingerprint density at radius 3 is 2.48 bits per heavy atom. The van der Waals surface area contributed by atoms with Crippen LogP contribution in [0.5, 0.6) is 0 Å². The molecule has 0 aliphatic rings. The number of carbonyl (C=O) groups excluding carboxylic acids is 1. The van der Waals surface area contributed by atoms with Gasteiger partial charge in [0.25, 0.3) is 5.91 Å². The van der Waals surface area contributed by atoms with Gasteiger partial charge in [0.05, 0.1) is 0 Å². The Balaban J connectivity index is 1.59. The van der Waals surface area contributed by atoms with Crippen LogP contribution in [0.25, 0.3) is 0 Å². The summed E-state index contributed by atoms with van der Waals surface area (Å²) in [5.41, 5.74) is 2.10. The van der Waals surface area contributed by atoms with Gasteiger partial charge in [0.15, 0.2) is 5.16 Å². The topological polar surface area (TPSA) is 54.9 Å². The molecule has 0 saturated carbocycles. The summed E-state index contributed by atoms with van der Waals surface area (Å²) in [6.07, 6.45) is 1.61. The number of rotatable bonds is 5. The third kappa shape index (κ3) is 5.01. The van der Waals surface area contributed by atoms with Gasteiger partial charge in [0, 0.05) is 23.2 Å². The van der Waals surface area contributed by atoms with Crippen LogP contribution in [0.2, 0.25) is 5.15 Å². The molecule has 4 nitrogen and oxygen atoms in total. The lowest BCUT2D eigenvalue weighted by molar-refractivity contribution is 0.102. The van der Waals surface area contributed by atoms with Gasteiger partial charge in [-0.3, -0.25) is 4.79 Å². The number of thioether (sulfide) groups is 1. The molecule has 0 atom stereocenters. The average molecular weight is 374 g/mol. The number of benzene rings is 2. The first-order chi connectivity index (χ1) is 12.1. The van der Waals surface area contributed by atoms with Crippen LogP contribution in [0.15, 0.2) is 66.0 Å². The Morgan fingerprint density at radius 2 is 1.80 bits per heavy atom. The van der Waals surface area contributed by atoms with Gasteiger partial charge in [-0.1, -0.05) is 35.5 Å². The lowest BCUT2D eigenvalue weighted by Gasteiger charge is -2.06. The monoisotopic (exact) mass is 373 g/mol. The largest absolute Gasteiger partial charge is 0.322 e. The van der Waals surface area contributed by atoms with Crippen LogP contribution in [-0.4, -0.2) is 15.9 Å². The molecule has 0 fully saturated rings. The van der Waals surface area contributed by atoms with Gasteiger partial charge in [0.2, 0.25) is 0 Å². The van der Waals surface area contributed by atoms with Crippen molar-refractivity contribution in [3.8, 4) is 0 Å². The summed E-state index contributed by atoms with van der Waals surface area (Å²) in [6.45, 7) is 0.